The average molecular weight is 707 g/mol. The van der Waals surface area contributed by atoms with E-state index in [9.17, 15) is 43.2 Å². The maximum atomic E-state index is 13.7. The Morgan fingerprint density at radius 2 is 0.733 bits per heavy atom. The van der Waals surface area contributed by atoms with Gasteiger partial charge in [0.2, 0.25) is 0 Å². The summed E-state index contributed by atoms with van der Waals surface area (Å²) in [5, 5.41) is 0. The molecular weight excluding hydrogens is 642 g/mol. The van der Waals surface area contributed by atoms with Crippen molar-refractivity contribution in [2.24, 2.45) is 0 Å². The minimum Gasteiger partial charge on any atom is -0.326 e. The number of halogens is 6. The highest BCUT2D eigenvalue weighted by Gasteiger charge is 2.80. The molecule has 0 bridgehead atoms. The molecular formula is C31H64F6N2O4S2+2. The molecule has 0 amide bonds. The van der Waals surface area contributed by atoms with Crippen molar-refractivity contribution in [3.63, 3.8) is 0 Å². The molecule has 0 unspecified atom stereocenters. The molecule has 0 aliphatic carbocycles. The molecule has 0 rings (SSSR count). The Bertz CT molecular complexity index is 941. The van der Waals surface area contributed by atoms with Crippen LogP contribution in [0.3, 0.4) is 0 Å². The molecule has 45 heavy (non-hydrogen) atoms. The molecule has 0 aliphatic heterocycles. The van der Waals surface area contributed by atoms with E-state index in [0.717, 1.165) is 7.05 Å². The maximum absolute atomic E-state index is 13.7. The molecule has 0 saturated heterocycles. The monoisotopic (exact) mass is 706 g/mol. The molecule has 0 atom stereocenters. The van der Waals surface area contributed by atoms with E-state index in [2.05, 4.69) is 27.8 Å². The van der Waals surface area contributed by atoms with Crippen molar-refractivity contribution in [1.82, 2.24) is 0 Å². The fourth-order valence-electron chi connectivity index (χ4n) is 5.85. The van der Waals surface area contributed by atoms with Crippen LogP contribution in [-0.2, 0) is 19.7 Å². The van der Waals surface area contributed by atoms with Crippen molar-refractivity contribution in [1.29, 1.82) is 0 Å². The Hall–Kier alpha value is -0.600. The van der Waals surface area contributed by atoms with Crippen LogP contribution in [0.25, 0.3) is 0 Å². The molecule has 274 valence electrons. The lowest BCUT2D eigenvalue weighted by atomic mass is 10.1. The number of hydrogen-bond acceptors (Lipinski definition) is 4. The number of rotatable bonds is 23. The van der Waals surface area contributed by atoms with Crippen molar-refractivity contribution in [3.8, 4) is 0 Å². The summed E-state index contributed by atoms with van der Waals surface area (Å²) < 4.78 is 129. The van der Waals surface area contributed by atoms with Crippen LogP contribution in [0.2, 0.25) is 0 Å². The second kappa shape index (κ2) is 20.7. The highest BCUT2D eigenvalue weighted by molar-refractivity contribution is 8.10. The van der Waals surface area contributed by atoms with Crippen LogP contribution in [0.15, 0.2) is 0 Å². The molecule has 14 heteroatoms. The fourth-order valence-corrected chi connectivity index (χ4v) is 10.6. The van der Waals surface area contributed by atoms with E-state index in [1.54, 1.807) is 20.8 Å². The zero-order chi connectivity index (χ0) is 35.6. The van der Waals surface area contributed by atoms with Crippen molar-refractivity contribution in [2.75, 3.05) is 46.8 Å². The summed E-state index contributed by atoms with van der Waals surface area (Å²) in [6.45, 7) is 15.0. The fraction of sp³-hybridized carbons (Fsp3) is 1.00. The molecule has 0 aromatic rings. The minimum atomic E-state index is -6.78. The first kappa shape index (κ1) is 46.5. The van der Waals surface area contributed by atoms with Crippen LogP contribution in [-0.4, -0.2) is 87.8 Å². The van der Waals surface area contributed by atoms with Crippen molar-refractivity contribution < 1.29 is 52.1 Å². The Balaban J connectivity index is 0. The molecule has 0 aromatic heterocycles. The normalized spacial score (nSPS) is 13.9. The minimum absolute atomic E-state index is 0.0660. The van der Waals surface area contributed by atoms with Gasteiger partial charge in [-0.25, -0.2) is 16.8 Å². The Labute approximate surface area is 271 Å². The molecule has 0 saturated carbocycles. The number of nitrogens with zero attached hydrogens (tertiary/aromatic N) is 2. The summed E-state index contributed by atoms with van der Waals surface area (Å²) in [6.07, 6.45) is 9.20. The van der Waals surface area contributed by atoms with Gasteiger partial charge in [-0.15, -0.1) is 0 Å². The number of hydrogen-bond donors (Lipinski definition) is 0. The van der Waals surface area contributed by atoms with Gasteiger partial charge in [0.05, 0.1) is 46.8 Å². The number of alkyl halides is 6. The SMILES string of the molecule is CCCCCC([N+](C)(CCCC)CCCC)(S(=O)(=O)C(F)(F)F)S(=O)(=O)C(F)(F)F.CCCCC[N+](C)(CCCC)CCCC. The van der Waals surface area contributed by atoms with Crippen LogP contribution >= 0.6 is 0 Å². The van der Waals surface area contributed by atoms with E-state index >= 15 is 0 Å². The predicted octanol–water partition coefficient (Wildman–Crippen LogP) is 9.36. The van der Waals surface area contributed by atoms with Gasteiger partial charge in [0.25, 0.3) is 0 Å². The van der Waals surface area contributed by atoms with Crippen LogP contribution in [0, 0.1) is 0 Å². The average Bonchev–Trinajstić information content (AvgIpc) is 2.94. The first-order valence-electron chi connectivity index (χ1n) is 16.9. The zero-order valence-corrected chi connectivity index (χ0v) is 30.9. The zero-order valence-electron chi connectivity index (χ0n) is 29.3. The molecule has 6 nitrogen and oxygen atoms in total. The predicted molar refractivity (Wildman–Crippen MR) is 173 cm³/mol. The van der Waals surface area contributed by atoms with Gasteiger partial charge in [0.1, 0.15) is 0 Å². The third-order valence-electron chi connectivity index (χ3n) is 8.78. The third-order valence-corrected chi connectivity index (χ3v) is 14.3. The number of quaternary nitrogens is 2. The standard InChI is InChI=1S/C17H32F6NO4S2.C14H32N/c1-5-8-11-12-15(29(25,26)16(18,19)20,30(27,28)17(21,22)23)24(4,13-9-6-2)14-10-7-3;1-5-8-11-14-15(4,12-9-6-2)13-10-7-3/h5-14H2,1-4H3;5-14H2,1-4H3/q2*+1. The lowest BCUT2D eigenvalue weighted by molar-refractivity contribution is -0.931. The van der Waals surface area contributed by atoms with E-state index in [-0.39, 0.29) is 19.3 Å². The van der Waals surface area contributed by atoms with Crippen LogP contribution in [0.4, 0.5) is 26.3 Å². The molecule has 0 aliphatic rings. The molecule has 0 N–H and O–H groups in total. The second-order valence-corrected chi connectivity index (χ2v) is 17.4. The van der Waals surface area contributed by atoms with Crippen molar-refractivity contribution in [2.45, 2.75) is 153 Å². The molecule has 0 aromatic carbocycles. The quantitative estimate of drug-likeness (QED) is 0.0604. The molecule has 0 radical (unpaired) electrons. The third kappa shape index (κ3) is 12.7. The molecule has 0 spiro atoms. The lowest BCUT2D eigenvalue weighted by Crippen LogP contribution is -2.73. The van der Waals surface area contributed by atoms with Gasteiger partial charge >= 0.3 is 34.9 Å². The smallest absolute Gasteiger partial charge is 0.326 e. The van der Waals surface area contributed by atoms with Gasteiger partial charge in [-0.05, 0) is 44.9 Å². The van der Waals surface area contributed by atoms with Gasteiger partial charge in [0.15, 0.2) is 0 Å². The molecule has 0 heterocycles. The van der Waals surface area contributed by atoms with E-state index < -0.39 is 65.3 Å². The first-order chi connectivity index (χ1) is 20.6. The molecule has 0 fully saturated rings. The Morgan fingerprint density at radius 3 is 1.04 bits per heavy atom. The van der Waals surface area contributed by atoms with Gasteiger partial charge in [-0.2, -0.15) is 26.3 Å². The van der Waals surface area contributed by atoms with Crippen LogP contribution in [0.1, 0.15) is 138 Å². The summed E-state index contributed by atoms with van der Waals surface area (Å²) in [6, 6.07) is 0. The van der Waals surface area contributed by atoms with E-state index in [1.807, 2.05) is 0 Å². The van der Waals surface area contributed by atoms with E-state index in [0.29, 0.717) is 19.3 Å². The highest BCUT2D eigenvalue weighted by Crippen LogP contribution is 2.51. The second-order valence-electron chi connectivity index (χ2n) is 12.8. The Kier molecular flexibility index (Phi) is 21.4. The highest BCUT2D eigenvalue weighted by atomic mass is 32.3. The van der Waals surface area contributed by atoms with Crippen LogP contribution in [0.5, 0.6) is 0 Å². The van der Waals surface area contributed by atoms with Gasteiger partial charge in [0, 0.05) is 6.42 Å². The summed E-state index contributed by atoms with van der Waals surface area (Å²) in [7, 11) is -10.2. The Morgan fingerprint density at radius 1 is 0.444 bits per heavy atom. The maximum Gasteiger partial charge on any atom is 0.504 e. The van der Waals surface area contributed by atoms with Crippen molar-refractivity contribution >= 4 is 19.7 Å². The number of sulfone groups is 2. The summed E-state index contributed by atoms with van der Waals surface area (Å²) >= 11 is 0. The van der Waals surface area contributed by atoms with Crippen LogP contribution < -0.4 is 0 Å². The van der Waals surface area contributed by atoms with Crippen molar-refractivity contribution in [3.05, 3.63) is 0 Å². The first-order valence-corrected chi connectivity index (χ1v) is 19.9. The summed E-state index contributed by atoms with van der Waals surface area (Å²) in [4.78, 5) is 0. The van der Waals surface area contributed by atoms with E-state index in [1.165, 1.54) is 69.1 Å². The summed E-state index contributed by atoms with van der Waals surface area (Å²) in [5.74, 6) is 0. The topological polar surface area (TPSA) is 68.3 Å². The largest absolute Gasteiger partial charge is 0.504 e. The summed E-state index contributed by atoms with van der Waals surface area (Å²) in [5.41, 5.74) is -12.3. The van der Waals surface area contributed by atoms with Gasteiger partial charge in [-0.1, -0.05) is 86.5 Å². The van der Waals surface area contributed by atoms with Gasteiger partial charge in [-0.3, -0.25) is 4.48 Å². The van der Waals surface area contributed by atoms with Gasteiger partial charge < -0.3 is 4.48 Å². The lowest BCUT2D eigenvalue weighted by Gasteiger charge is -2.49. The number of unbranched alkanes of at least 4 members (excludes halogenated alkanes) is 8. The van der Waals surface area contributed by atoms with E-state index in [4.69, 9.17) is 0 Å².